The number of halogens is 3. The van der Waals surface area contributed by atoms with Crippen LogP contribution >= 0.6 is 11.6 Å². The molecule has 1 heterocycles. The number of anilines is 2. The van der Waals surface area contributed by atoms with E-state index in [-0.39, 0.29) is 16.8 Å². The summed E-state index contributed by atoms with van der Waals surface area (Å²) in [6.07, 6.45) is 0.855. The average Bonchev–Trinajstić information content (AvgIpc) is 2.33. The summed E-state index contributed by atoms with van der Waals surface area (Å²) in [7, 11) is -4.83. The summed E-state index contributed by atoms with van der Waals surface area (Å²) in [5.41, 5.74) is 0.146. The highest BCUT2D eigenvalue weighted by Gasteiger charge is 2.13. The summed E-state index contributed by atoms with van der Waals surface area (Å²) < 4.78 is 47.6. The van der Waals surface area contributed by atoms with Crippen LogP contribution in [0.5, 0.6) is 0 Å². The summed E-state index contributed by atoms with van der Waals surface area (Å²) in [6.45, 7) is 0. The Kier molecular flexibility index (Phi) is 3.63. The zero-order chi connectivity index (χ0) is 14.0. The third-order valence-corrected chi connectivity index (χ3v) is 3.09. The lowest BCUT2D eigenvalue weighted by Gasteiger charge is -2.07. The van der Waals surface area contributed by atoms with Gasteiger partial charge in [0.15, 0.2) is 11.6 Å². The van der Waals surface area contributed by atoms with Gasteiger partial charge in [-0.15, -0.1) is 3.89 Å². The predicted octanol–water partition coefficient (Wildman–Crippen LogP) is 2.67. The highest BCUT2D eigenvalue weighted by atomic mass is 35.5. The first-order valence-electron chi connectivity index (χ1n) is 4.86. The summed E-state index contributed by atoms with van der Waals surface area (Å²) in [4.78, 5) is 6.46. The van der Waals surface area contributed by atoms with Gasteiger partial charge in [0.1, 0.15) is 4.90 Å². The van der Waals surface area contributed by atoms with Crippen molar-refractivity contribution in [2.24, 2.45) is 0 Å². The molecule has 1 N–H and O–H groups in total. The van der Waals surface area contributed by atoms with E-state index in [0.29, 0.717) is 0 Å². The Morgan fingerprint density at radius 1 is 1.32 bits per heavy atom. The average molecular weight is 306 g/mol. The third-order valence-electron chi connectivity index (χ3n) is 2.09. The van der Waals surface area contributed by atoms with E-state index in [2.05, 4.69) is 15.3 Å². The Balaban J connectivity index is 2.36. The lowest BCUT2D eigenvalue weighted by atomic mass is 10.3. The van der Waals surface area contributed by atoms with Gasteiger partial charge in [0.2, 0.25) is 5.28 Å². The van der Waals surface area contributed by atoms with Crippen LogP contribution in [0.2, 0.25) is 5.28 Å². The summed E-state index contributed by atoms with van der Waals surface area (Å²) in [5, 5.41) is 2.30. The monoisotopic (exact) mass is 305 g/mol. The first kappa shape index (κ1) is 13.6. The van der Waals surface area contributed by atoms with Crippen LogP contribution in [0, 0.1) is 5.82 Å². The van der Waals surface area contributed by atoms with Crippen LogP contribution in [0.3, 0.4) is 0 Å². The van der Waals surface area contributed by atoms with Gasteiger partial charge >= 0.3 is 10.2 Å². The van der Waals surface area contributed by atoms with E-state index in [4.69, 9.17) is 11.6 Å². The van der Waals surface area contributed by atoms with Crippen LogP contribution in [0.1, 0.15) is 0 Å². The number of rotatable bonds is 3. The van der Waals surface area contributed by atoms with Crippen LogP contribution in [0.25, 0.3) is 0 Å². The number of aromatic nitrogens is 2. The van der Waals surface area contributed by atoms with Crippen molar-refractivity contribution in [3.05, 3.63) is 41.6 Å². The van der Waals surface area contributed by atoms with Gasteiger partial charge in [-0.3, -0.25) is 0 Å². The molecular formula is C10H6ClF2N3O2S. The fourth-order valence-electron chi connectivity index (χ4n) is 1.30. The maximum atomic E-state index is 13.4. The van der Waals surface area contributed by atoms with Crippen LogP contribution in [0.4, 0.5) is 19.8 Å². The molecule has 0 saturated heterocycles. The van der Waals surface area contributed by atoms with Gasteiger partial charge in [0.25, 0.3) is 0 Å². The molecule has 1 aromatic carbocycles. The number of nitrogens with one attached hydrogen (secondary N) is 1. The van der Waals surface area contributed by atoms with Crippen molar-refractivity contribution in [1.29, 1.82) is 0 Å². The number of hydrogen-bond donors (Lipinski definition) is 1. The summed E-state index contributed by atoms with van der Waals surface area (Å²) in [6, 6.07) is 4.80. The van der Waals surface area contributed by atoms with Gasteiger partial charge in [0.05, 0.1) is 6.20 Å². The second-order valence-corrected chi connectivity index (χ2v) is 5.11. The molecule has 0 atom stereocenters. The standard InChI is InChI=1S/C10H6ClF2N3O2S/c11-10-14-5-8(12)9(16-10)15-6-2-1-3-7(4-6)19(13,17)18/h1-5H,(H,14,15,16). The fourth-order valence-corrected chi connectivity index (χ4v) is 1.94. The van der Waals surface area contributed by atoms with Gasteiger partial charge in [-0.25, -0.2) is 9.37 Å². The van der Waals surface area contributed by atoms with Crippen molar-refractivity contribution >= 4 is 33.3 Å². The Hall–Kier alpha value is -1.80. The van der Waals surface area contributed by atoms with E-state index < -0.39 is 20.9 Å². The quantitative estimate of drug-likeness (QED) is 0.697. The molecule has 0 aliphatic carbocycles. The van der Waals surface area contributed by atoms with E-state index in [9.17, 15) is 16.7 Å². The lowest BCUT2D eigenvalue weighted by molar-refractivity contribution is 0.552. The van der Waals surface area contributed by atoms with Crippen molar-refractivity contribution in [2.45, 2.75) is 4.90 Å². The molecule has 0 saturated carbocycles. The highest BCUT2D eigenvalue weighted by molar-refractivity contribution is 7.86. The molecule has 5 nitrogen and oxygen atoms in total. The van der Waals surface area contributed by atoms with Crippen LogP contribution in [0.15, 0.2) is 35.4 Å². The molecule has 2 rings (SSSR count). The van der Waals surface area contributed by atoms with Crippen molar-refractivity contribution in [1.82, 2.24) is 9.97 Å². The zero-order valence-electron chi connectivity index (χ0n) is 9.14. The molecule has 0 radical (unpaired) electrons. The molecule has 19 heavy (non-hydrogen) atoms. The summed E-state index contributed by atoms with van der Waals surface area (Å²) >= 11 is 5.50. The third kappa shape index (κ3) is 3.36. The maximum absolute atomic E-state index is 13.4. The minimum atomic E-state index is -4.83. The smallest absolute Gasteiger partial charge is 0.332 e. The number of nitrogens with zero attached hydrogens (tertiary/aromatic N) is 2. The van der Waals surface area contributed by atoms with Crippen LogP contribution in [-0.4, -0.2) is 18.4 Å². The largest absolute Gasteiger partial charge is 0.338 e. The number of benzene rings is 1. The molecule has 0 spiro atoms. The molecular weight excluding hydrogens is 300 g/mol. The van der Waals surface area contributed by atoms with Crippen LogP contribution in [-0.2, 0) is 10.2 Å². The highest BCUT2D eigenvalue weighted by Crippen LogP contribution is 2.22. The maximum Gasteiger partial charge on any atom is 0.332 e. The first-order valence-corrected chi connectivity index (χ1v) is 6.62. The van der Waals surface area contributed by atoms with Gasteiger partial charge in [-0.2, -0.15) is 13.4 Å². The minimum absolute atomic E-state index is 0.146. The number of hydrogen-bond acceptors (Lipinski definition) is 5. The van der Waals surface area contributed by atoms with E-state index in [1.807, 2.05) is 0 Å². The Morgan fingerprint density at radius 2 is 2.05 bits per heavy atom. The van der Waals surface area contributed by atoms with E-state index in [0.717, 1.165) is 18.3 Å². The second kappa shape index (κ2) is 5.06. The van der Waals surface area contributed by atoms with Gasteiger partial charge in [-0.1, -0.05) is 6.07 Å². The molecule has 0 fully saturated rings. The van der Waals surface area contributed by atoms with Gasteiger partial charge in [-0.05, 0) is 29.8 Å². The van der Waals surface area contributed by atoms with E-state index in [1.165, 1.54) is 12.1 Å². The van der Waals surface area contributed by atoms with Gasteiger partial charge in [0, 0.05) is 5.69 Å². The summed E-state index contributed by atoms with van der Waals surface area (Å²) in [5.74, 6) is -1.02. The topological polar surface area (TPSA) is 72.0 Å². The van der Waals surface area contributed by atoms with Gasteiger partial charge < -0.3 is 5.32 Å². The van der Waals surface area contributed by atoms with Crippen molar-refractivity contribution in [2.75, 3.05) is 5.32 Å². The zero-order valence-corrected chi connectivity index (χ0v) is 10.7. The van der Waals surface area contributed by atoms with Crippen molar-refractivity contribution in [3.63, 3.8) is 0 Å². The molecule has 9 heteroatoms. The first-order chi connectivity index (χ1) is 8.86. The van der Waals surface area contributed by atoms with Crippen LogP contribution < -0.4 is 5.32 Å². The lowest BCUT2D eigenvalue weighted by Crippen LogP contribution is -2.00. The second-order valence-electron chi connectivity index (χ2n) is 3.43. The molecule has 0 unspecified atom stereocenters. The van der Waals surface area contributed by atoms with Crippen molar-refractivity contribution < 1.29 is 16.7 Å². The van der Waals surface area contributed by atoms with E-state index >= 15 is 0 Å². The molecule has 100 valence electrons. The predicted molar refractivity (Wildman–Crippen MR) is 65.0 cm³/mol. The minimum Gasteiger partial charge on any atom is -0.338 e. The molecule has 2 aromatic rings. The molecule has 1 aromatic heterocycles. The Bertz CT molecular complexity index is 724. The Labute approximate surface area is 112 Å². The molecule has 0 bridgehead atoms. The Morgan fingerprint density at radius 3 is 2.74 bits per heavy atom. The fraction of sp³-hybridized carbons (Fsp3) is 0. The molecule has 0 amide bonds. The SMILES string of the molecule is O=S(=O)(F)c1cccc(Nc2nc(Cl)ncc2F)c1. The van der Waals surface area contributed by atoms with E-state index in [1.54, 1.807) is 0 Å². The normalized spacial score (nSPS) is 11.3. The molecule has 0 aliphatic rings. The molecule has 0 aliphatic heterocycles. The van der Waals surface area contributed by atoms with Crippen molar-refractivity contribution in [3.8, 4) is 0 Å².